The van der Waals surface area contributed by atoms with Crippen LogP contribution in [0.5, 0.6) is 0 Å². The summed E-state index contributed by atoms with van der Waals surface area (Å²) in [5.41, 5.74) is 0. The molecule has 1 unspecified atom stereocenters. The highest BCUT2D eigenvalue weighted by Gasteiger charge is 2.27. The van der Waals surface area contributed by atoms with Gasteiger partial charge in [-0.05, 0) is 0 Å². The number of nitrogens with one attached hydrogen (secondary N) is 1. The third-order valence-corrected chi connectivity index (χ3v) is 1.29. The Bertz CT molecular complexity index is 174. The molecule has 1 N–H and O–H groups in total. The molecule has 1 saturated heterocycles. The normalized spacial score (nSPS) is 26.0. The van der Waals surface area contributed by atoms with Crippen molar-refractivity contribution in [2.24, 2.45) is 5.92 Å². The molecule has 9 heavy (non-hydrogen) atoms. The molecular formula is C6H7NO2. The number of carbonyl (C=O) groups is 2. The van der Waals surface area contributed by atoms with E-state index < -0.39 is 0 Å². The topological polar surface area (TPSA) is 46.2 Å². The van der Waals surface area contributed by atoms with E-state index in [1.807, 2.05) is 0 Å². The quantitative estimate of drug-likeness (QED) is 0.391. The molecule has 3 nitrogen and oxygen atoms in total. The zero-order chi connectivity index (χ0) is 6.85. The van der Waals surface area contributed by atoms with Crippen LogP contribution >= 0.6 is 0 Å². The third-order valence-electron chi connectivity index (χ3n) is 1.29. The van der Waals surface area contributed by atoms with Crippen LogP contribution in [-0.2, 0) is 9.59 Å². The van der Waals surface area contributed by atoms with Crippen molar-refractivity contribution in [1.29, 1.82) is 0 Å². The van der Waals surface area contributed by atoms with Crippen molar-refractivity contribution in [3.63, 3.8) is 0 Å². The second kappa shape index (κ2) is 2.01. The Labute approximate surface area is 52.7 Å². The maximum absolute atomic E-state index is 10.6. The van der Waals surface area contributed by atoms with Crippen LogP contribution in [0.15, 0.2) is 12.7 Å². The van der Waals surface area contributed by atoms with Gasteiger partial charge in [0.25, 0.3) is 0 Å². The van der Waals surface area contributed by atoms with Gasteiger partial charge in [-0.25, -0.2) is 0 Å². The number of hydrogen-bond donors (Lipinski definition) is 1. The Balaban J connectivity index is 2.68. The Kier molecular flexibility index (Phi) is 1.34. The second-order valence-corrected chi connectivity index (χ2v) is 1.96. The summed E-state index contributed by atoms with van der Waals surface area (Å²) in [4.78, 5) is 21.1. The van der Waals surface area contributed by atoms with Crippen molar-refractivity contribution < 1.29 is 9.59 Å². The van der Waals surface area contributed by atoms with Crippen molar-refractivity contribution in [2.75, 3.05) is 0 Å². The molecule has 1 rings (SSSR count). The summed E-state index contributed by atoms with van der Waals surface area (Å²) >= 11 is 0. The number of imide groups is 1. The molecule has 0 aromatic heterocycles. The zero-order valence-electron chi connectivity index (χ0n) is 4.89. The fourth-order valence-corrected chi connectivity index (χ4v) is 0.764. The van der Waals surface area contributed by atoms with Crippen molar-refractivity contribution in [3.8, 4) is 0 Å². The fourth-order valence-electron chi connectivity index (χ4n) is 0.764. The predicted molar refractivity (Wildman–Crippen MR) is 31.5 cm³/mol. The van der Waals surface area contributed by atoms with E-state index in [0.717, 1.165) is 0 Å². The van der Waals surface area contributed by atoms with Gasteiger partial charge in [0.05, 0.1) is 5.92 Å². The Morgan fingerprint density at radius 1 is 1.67 bits per heavy atom. The molecule has 1 fully saturated rings. The lowest BCUT2D eigenvalue weighted by atomic mass is 10.1. The van der Waals surface area contributed by atoms with Crippen LogP contribution in [-0.4, -0.2) is 11.8 Å². The molecule has 1 aliphatic rings. The fraction of sp³-hybridized carbons (Fsp3) is 0.333. The summed E-state index contributed by atoms with van der Waals surface area (Å²) in [7, 11) is 0. The van der Waals surface area contributed by atoms with Crippen LogP contribution in [0.2, 0.25) is 0 Å². The molecule has 0 aromatic carbocycles. The first-order valence-electron chi connectivity index (χ1n) is 2.70. The van der Waals surface area contributed by atoms with Crippen molar-refractivity contribution in [2.45, 2.75) is 6.42 Å². The number of rotatable bonds is 1. The van der Waals surface area contributed by atoms with Gasteiger partial charge in [0.1, 0.15) is 0 Å². The van der Waals surface area contributed by atoms with Crippen molar-refractivity contribution in [1.82, 2.24) is 5.32 Å². The highest BCUT2D eigenvalue weighted by Crippen LogP contribution is 2.09. The number of amides is 2. The molecule has 0 aliphatic carbocycles. The maximum Gasteiger partial charge on any atom is 0.233 e. The molecule has 0 spiro atoms. The van der Waals surface area contributed by atoms with Crippen LogP contribution in [0.4, 0.5) is 0 Å². The standard InChI is InChI=1S/C6H7NO2/c1-2-4-3-5(8)7-6(4)9/h2,4H,1,3H2,(H,7,8,9). The first-order chi connectivity index (χ1) is 4.24. The SMILES string of the molecule is C=CC1CC(=O)NC1=O. The van der Waals surface area contributed by atoms with Gasteiger partial charge in [-0.3, -0.25) is 14.9 Å². The molecule has 0 bridgehead atoms. The van der Waals surface area contributed by atoms with Crippen molar-refractivity contribution in [3.05, 3.63) is 12.7 Å². The Hall–Kier alpha value is -1.12. The first-order valence-corrected chi connectivity index (χ1v) is 2.70. The van der Waals surface area contributed by atoms with Gasteiger partial charge in [0, 0.05) is 6.42 Å². The lowest BCUT2D eigenvalue weighted by Gasteiger charge is -1.91. The minimum absolute atomic E-state index is 0.204. The van der Waals surface area contributed by atoms with E-state index in [1.54, 1.807) is 0 Å². The Morgan fingerprint density at radius 2 is 2.33 bits per heavy atom. The van der Waals surface area contributed by atoms with E-state index in [-0.39, 0.29) is 24.2 Å². The summed E-state index contributed by atoms with van der Waals surface area (Å²) in [6.45, 7) is 3.41. The lowest BCUT2D eigenvalue weighted by molar-refractivity contribution is -0.125. The van der Waals surface area contributed by atoms with Gasteiger partial charge < -0.3 is 0 Å². The van der Waals surface area contributed by atoms with E-state index in [2.05, 4.69) is 11.9 Å². The summed E-state index contributed by atoms with van der Waals surface area (Å²) < 4.78 is 0. The van der Waals surface area contributed by atoms with Crippen LogP contribution in [0.3, 0.4) is 0 Å². The zero-order valence-corrected chi connectivity index (χ0v) is 4.89. The van der Waals surface area contributed by atoms with Gasteiger partial charge >= 0.3 is 0 Å². The summed E-state index contributed by atoms with van der Waals surface area (Å²) in [6.07, 6.45) is 1.75. The molecular weight excluding hydrogens is 118 g/mol. The van der Waals surface area contributed by atoms with Gasteiger partial charge in [-0.1, -0.05) is 6.08 Å². The summed E-state index contributed by atoms with van der Waals surface area (Å²) in [5.74, 6) is -0.725. The summed E-state index contributed by atoms with van der Waals surface area (Å²) in [6, 6.07) is 0. The highest BCUT2D eigenvalue weighted by atomic mass is 16.2. The molecule has 1 heterocycles. The third kappa shape index (κ3) is 0.988. The van der Waals surface area contributed by atoms with Crippen LogP contribution in [0.25, 0.3) is 0 Å². The van der Waals surface area contributed by atoms with Gasteiger partial charge in [0.15, 0.2) is 0 Å². The average molecular weight is 125 g/mol. The smallest absolute Gasteiger partial charge is 0.233 e. The molecule has 0 saturated carbocycles. The number of carbonyl (C=O) groups excluding carboxylic acids is 2. The van der Waals surface area contributed by atoms with E-state index in [0.29, 0.717) is 0 Å². The minimum atomic E-state index is -0.294. The molecule has 0 radical (unpaired) electrons. The largest absolute Gasteiger partial charge is 0.296 e. The highest BCUT2D eigenvalue weighted by molar-refractivity contribution is 6.04. The molecule has 1 aliphatic heterocycles. The molecule has 48 valence electrons. The van der Waals surface area contributed by atoms with Gasteiger partial charge in [0.2, 0.25) is 11.8 Å². The average Bonchev–Trinajstić information content (AvgIpc) is 2.10. The minimum Gasteiger partial charge on any atom is -0.296 e. The summed E-state index contributed by atoms with van der Waals surface area (Å²) in [5, 5.41) is 2.17. The van der Waals surface area contributed by atoms with Crippen LogP contribution in [0, 0.1) is 5.92 Å². The van der Waals surface area contributed by atoms with E-state index in [4.69, 9.17) is 0 Å². The van der Waals surface area contributed by atoms with E-state index in [1.165, 1.54) is 6.08 Å². The second-order valence-electron chi connectivity index (χ2n) is 1.96. The van der Waals surface area contributed by atoms with Crippen LogP contribution in [0.1, 0.15) is 6.42 Å². The Morgan fingerprint density at radius 3 is 2.56 bits per heavy atom. The molecule has 3 heteroatoms. The van der Waals surface area contributed by atoms with Gasteiger partial charge in [-0.2, -0.15) is 0 Å². The monoisotopic (exact) mass is 125 g/mol. The van der Waals surface area contributed by atoms with Crippen LogP contribution < -0.4 is 5.32 Å². The molecule has 2 amide bonds. The van der Waals surface area contributed by atoms with E-state index >= 15 is 0 Å². The molecule has 1 atom stereocenters. The first kappa shape index (κ1) is 6.01. The van der Waals surface area contributed by atoms with Gasteiger partial charge in [-0.15, -0.1) is 6.58 Å². The predicted octanol–water partition coefficient (Wildman–Crippen LogP) is -0.165. The lowest BCUT2D eigenvalue weighted by Crippen LogP contribution is -2.21. The van der Waals surface area contributed by atoms with Crippen molar-refractivity contribution >= 4 is 11.8 Å². The van der Waals surface area contributed by atoms with E-state index in [9.17, 15) is 9.59 Å². The maximum atomic E-state index is 10.6. The molecule has 0 aromatic rings. The number of hydrogen-bond acceptors (Lipinski definition) is 2.